The molecule has 0 radical (unpaired) electrons. The van der Waals surface area contributed by atoms with Gasteiger partial charge in [0.25, 0.3) is 5.56 Å². The SMILES string of the molecule is CC(C)c1c(C(=O)c2cc(C(F)(F)F)cc(C(F)(F)F)c2)[nH]c(=O)[nH]c1=O. The van der Waals surface area contributed by atoms with Gasteiger partial charge in [0.15, 0.2) is 0 Å². The van der Waals surface area contributed by atoms with E-state index < -0.39 is 57.7 Å². The Bertz CT molecular complexity index is 967. The molecule has 0 saturated carbocycles. The maximum absolute atomic E-state index is 12.9. The van der Waals surface area contributed by atoms with E-state index in [2.05, 4.69) is 0 Å². The molecule has 2 rings (SSSR count). The average Bonchev–Trinajstić information content (AvgIpc) is 2.50. The van der Waals surface area contributed by atoms with E-state index in [0.717, 1.165) is 0 Å². The quantitative estimate of drug-likeness (QED) is 0.618. The van der Waals surface area contributed by atoms with Crippen LogP contribution >= 0.6 is 0 Å². The molecular formula is C16H12F6N2O3. The van der Waals surface area contributed by atoms with Crippen LogP contribution in [0.3, 0.4) is 0 Å². The van der Waals surface area contributed by atoms with Crippen molar-refractivity contribution < 1.29 is 31.1 Å². The van der Waals surface area contributed by atoms with Gasteiger partial charge in [0.2, 0.25) is 5.78 Å². The van der Waals surface area contributed by atoms with Crippen molar-refractivity contribution in [1.82, 2.24) is 9.97 Å². The van der Waals surface area contributed by atoms with Crippen molar-refractivity contribution in [3.8, 4) is 0 Å². The Balaban J connectivity index is 2.78. The summed E-state index contributed by atoms with van der Waals surface area (Å²) in [4.78, 5) is 39.8. The first-order valence-corrected chi connectivity index (χ1v) is 7.42. The number of aromatic nitrogens is 2. The number of H-pyrrole nitrogens is 2. The zero-order chi connectivity index (χ0) is 20.7. The zero-order valence-corrected chi connectivity index (χ0v) is 13.8. The second kappa shape index (κ2) is 6.71. The van der Waals surface area contributed by atoms with Gasteiger partial charge in [0, 0.05) is 11.1 Å². The molecule has 1 aromatic heterocycles. The molecule has 0 fully saturated rings. The van der Waals surface area contributed by atoms with Crippen molar-refractivity contribution >= 4 is 5.78 Å². The Labute approximate surface area is 147 Å². The summed E-state index contributed by atoms with van der Waals surface area (Å²) in [5, 5.41) is 0. The number of carbonyl (C=O) groups excluding carboxylic acids is 1. The first-order valence-electron chi connectivity index (χ1n) is 7.42. The highest BCUT2D eigenvalue weighted by atomic mass is 19.4. The number of nitrogens with one attached hydrogen (secondary N) is 2. The fraction of sp³-hybridized carbons (Fsp3) is 0.312. The lowest BCUT2D eigenvalue weighted by molar-refractivity contribution is -0.143. The number of halogens is 6. The maximum atomic E-state index is 12.9. The lowest BCUT2D eigenvalue weighted by Gasteiger charge is -2.15. The molecule has 0 aliphatic heterocycles. The van der Waals surface area contributed by atoms with Gasteiger partial charge >= 0.3 is 18.0 Å². The van der Waals surface area contributed by atoms with Gasteiger partial charge in [-0.1, -0.05) is 13.8 Å². The van der Waals surface area contributed by atoms with Crippen LogP contribution in [0, 0.1) is 0 Å². The van der Waals surface area contributed by atoms with Gasteiger partial charge in [-0.2, -0.15) is 26.3 Å². The number of rotatable bonds is 3. The minimum Gasteiger partial charge on any atom is -0.304 e. The highest BCUT2D eigenvalue weighted by Gasteiger charge is 2.38. The van der Waals surface area contributed by atoms with Gasteiger partial charge in [-0.05, 0) is 24.1 Å². The molecule has 1 aromatic carbocycles. The fourth-order valence-electron chi connectivity index (χ4n) is 2.46. The van der Waals surface area contributed by atoms with Crippen LogP contribution in [0.25, 0.3) is 0 Å². The molecule has 0 aliphatic carbocycles. The Morgan fingerprint density at radius 1 is 0.889 bits per heavy atom. The van der Waals surface area contributed by atoms with Gasteiger partial charge in [-0.25, -0.2) is 4.79 Å². The maximum Gasteiger partial charge on any atom is 0.416 e. The van der Waals surface area contributed by atoms with Gasteiger partial charge < -0.3 is 4.98 Å². The molecule has 0 unspecified atom stereocenters. The summed E-state index contributed by atoms with van der Waals surface area (Å²) in [6.45, 7) is 2.93. The van der Waals surface area contributed by atoms with Crippen molar-refractivity contribution in [3.05, 3.63) is 67.0 Å². The summed E-state index contributed by atoms with van der Waals surface area (Å²) in [6.07, 6.45) is -10.3. The Morgan fingerprint density at radius 2 is 1.37 bits per heavy atom. The fourth-order valence-corrected chi connectivity index (χ4v) is 2.46. The molecule has 146 valence electrons. The molecule has 5 nitrogen and oxygen atoms in total. The number of aromatic amines is 2. The van der Waals surface area contributed by atoms with Gasteiger partial charge in [0.1, 0.15) is 0 Å². The summed E-state index contributed by atoms with van der Waals surface area (Å²) < 4.78 is 77.7. The molecule has 0 spiro atoms. The van der Waals surface area contributed by atoms with Gasteiger partial charge in [-0.15, -0.1) is 0 Å². The van der Waals surface area contributed by atoms with E-state index in [0.29, 0.717) is 0 Å². The first kappa shape index (κ1) is 20.5. The second-order valence-electron chi connectivity index (χ2n) is 5.98. The summed E-state index contributed by atoms with van der Waals surface area (Å²) in [6, 6.07) is 0.350. The minimum absolute atomic E-state index is 0.124. The monoisotopic (exact) mass is 394 g/mol. The molecule has 2 aromatic rings. The van der Waals surface area contributed by atoms with Crippen LogP contribution in [0.1, 0.15) is 52.5 Å². The van der Waals surface area contributed by atoms with E-state index in [1.807, 2.05) is 9.97 Å². The predicted octanol–water partition coefficient (Wildman–Crippen LogP) is 3.46. The number of alkyl halides is 6. The summed E-state index contributed by atoms with van der Waals surface area (Å²) in [5.41, 5.74) is -7.31. The summed E-state index contributed by atoms with van der Waals surface area (Å²) in [5.74, 6) is -1.98. The third-order valence-corrected chi connectivity index (χ3v) is 3.63. The molecule has 0 amide bonds. The number of hydrogen-bond donors (Lipinski definition) is 2. The highest BCUT2D eigenvalue weighted by molar-refractivity contribution is 6.08. The predicted molar refractivity (Wildman–Crippen MR) is 81.7 cm³/mol. The van der Waals surface area contributed by atoms with E-state index in [-0.39, 0.29) is 23.8 Å². The van der Waals surface area contributed by atoms with Crippen LogP contribution in [0.2, 0.25) is 0 Å². The molecule has 0 aliphatic rings. The third kappa shape index (κ3) is 4.29. The van der Waals surface area contributed by atoms with Crippen LogP contribution in [0.5, 0.6) is 0 Å². The molecule has 0 atom stereocenters. The number of hydrogen-bond acceptors (Lipinski definition) is 3. The molecule has 27 heavy (non-hydrogen) atoms. The third-order valence-electron chi connectivity index (χ3n) is 3.63. The van der Waals surface area contributed by atoms with Crippen LogP contribution in [-0.2, 0) is 12.4 Å². The first-order chi connectivity index (χ1) is 12.2. The van der Waals surface area contributed by atoms with Crippen molar-refractivity contribution in [2.24, 2.45) is 0 Å². The molecule has 11 heteroatoms. The second-order valence-corrected chi connectivity index (χ2v) is 5.98. The van der Waals surface area contributed by atoms with E-state index in [1.165, 1.54) is 13.8 Å². The molecule has 2 N–H and O–H groups in total. The Hall–Kier alpha value is -2.85. The molecule has 0 bridgehead atoms. The van der Waals surface area contributed by atoms with E-state index in [9.17, 15) is 40.7 Å². The topological polar surface area (TPSA) is 82.8 Å². The summed E-state index contributed by atoms with van der Waals surface area (Å²) >= 11 is 0. The Kier molecular flexibility index (Phi) is 5.08. The van der Waals surface area contributed by atoms with E-state index in [1.54, 1.807) is 0 Å². The van der Waals surface area contributed by atoms with Gasteiger partial charge in [0.05, 0.1) is 16.8 Å². The van der Waals surface area contributed by atoms with Crippen LogP contribution in [0.4, 0.5) is 26.3 Å². The lowest BCUT2D eigenvalue weighted by Crippen LogP contribution is -2.31. The largest absolute Gasteiger partial charge is 0.416 e. The smallest absolute Gasteiger partial charge is 0.304 e. The van der Waals surface area contributed by atoms with Crippen LogP contribution < -0.4 is 11.2 Å². The van der Waals surface area contributed by atoms with Crippen molar-refractivity contribution in [2.45, 2.75) is 32.1 Å². The normalized spacial score (nSPS) is 12.5. The number of benzene rings is 1. The molecule has 0 saturated heterocycles. The summed E-state index contributed by atoms with van der Waals surface area (Å²) in [7, 11) is 0. The highest BCUT2D eigenvalue weighted by Crippen LogP contribution is 2.36. The number of carbonyl (C=O) groups is 1. The average molecular weight is 394 g/mol. The van der Waals surface area contributed by atoms with Crippen molar-refractivity contribution in [1.29, 1.82) is 0 Å². The van der Waals surface area contributed by atoms with E-state index in [4.69, 9.17) is 0 Å². The Morgan fingerprint density at radius 3 is 1.78 bits per heavy atom. The van der Waals surface area contributed by atoms with Crippen LogP contribution in [-0.4, -0.2) is 15.8 Å². The minimum atomic E-state index is -5.14. The van der Waals surface area contributed by atoms with Crippen LogP contribution in [0.15, 0.2) is 27.8 Å². The molecular weight excluding hydrogens is 382 g/mol. The van der Waals surface area contributed by atoms with E-state index >= 15 is 0 Å². The van der Waals surface area contributed by atoms with Gasteiger partial charge in [-0.3, -0.25) is 14.6 Å². The molecule has 1 heterocycles. The standard InChI is InChI=1S/C16H12F6N2O3/c1-6(2)10-11(23-14(27)24-13(10)26)12(25)7-3-8(15(17,18)19)5-9(4-7)16(20,21)22/h3-6H,1-2H3,(H2,23,24,26,27). The zero-order valence-electron chi connectivity index (χ0n) is 13.8. The van der Waals surface area contributed by atoms with Crippen molar-refractivity contribution in [3.63, 3.8) is 0 Å². The lowest BCUT2D eigenvalue weighted by atomic mass is 9.95. The number of ketones is 1. The van der Waals surface area contributed by atoms with Crippen molar-refractivity contribution in [2.75, 3.05) is 0 Å².